The molecule has 0 unspecified atom stereocenters. The third kappa shape index (κ3) is 6.03. The van der Waals surface area contributed by atoms with Crippen LogP contribution in [0.1, 0.15) is 25.0 Å². The van der Waals surface area contributed by atoms with Gasteiger partial charge < -0.3 is 14.8 Å². The monoisotopic (exact) mass is 461 g/mol. The first kappa shape index (κ1) is 24.1. The van der Waals surface area contributed by atoms with Gasteiger partial charge in [-0.25, -0.2) is 22.4 Å². The average Bonchev–Trinajstić information content (AvgIpc) is 2.75. The van der Waals surface area contributed by atoms with Crippen molar-refractivity contribution in [3.8, 4) is 16.9 Å². The zero-order valence-electron chi connectivity index (χ0n) is 18.3. The summed E-state index contributed by atoms with van der Waals surface area (Å²) in [6.07, 6.45) is -0.358. The minimum atomic E-state index is -1.04. The molecule has 0 bridgehead atoms. The number of benzene rings is 3. The van der Waals surface area contributed by atoms with Crippen molar-refractivity contribution in [2.45, 2.75) is 33.4 Å². The highest BCUT2D eigenvalue weighted by Crippen LogP contribution is 2.30. The van der Waals surface area contributed by atoms with Crippen molar-refractivity contribution < 1.29 is 31.8 Å². The van der Waals surface area contributed by atoms with E-state index in [9.17, 15) is 22.4 Å². The quantitative estimate of drug-likeness (QED) is 0.322. The van der Waals surface area contributed by atoms with Gasteiger partial charge in [-0.2, -0.15) is 0 Å². The van der Waals surface area contributed by atoms with Gasteiger partial charge in [-0.15, -0.1) is 0 Å². The Bertz CT molecular complexity index is 1160. The second-order valence-electron chi connectivity index (χ2n) is 7.67. The molecule has 0 aliphatic heterocycles. The number of anilines is 1. The van der Waals surface area contributed by atoms with E-state index in [2.05, 4.69) is 5.32 Å². The summed E-state index contributed by atoms with van der Waals surface area (Å²) < 4.78 is 67.3. The molecule has 0 radical (unpaired) electrons. The molecule has 0 atom stereocenters. The van der Waals surface area contributed by atoms with Crippen molar-refractivity contribution >= 4 is 11.7 Å². The Morgan fingerprint density at radius 2 is 1.73 bits per heavy atom. The Balaban J connectivity index is 1.81. The first-order valence-electron chi connectivity index (χ1n) is 10.2. The van der Waals surface area contributed by atoms with Crippen molar-refractivity contribution in [1.29, 1.82) is 0 Å². The molecule has 4 nitrogen and oxygen atoms in total. The number of rotatable bonds is 8. The maximum Gasteiger partial charge on any atom is 0.344 e. The van der Waals surface area contributed by atoms with Gasteiger partial charge in [0.05, 0.1) is 6.10 Å². The number of ether oxygens (including phenoxy) is 2. The topological polar surface area (TPSA) is 47.6 Å². The van der Waals surface area contributed by atoms with Crippen LogP contribution < -0.4 is 10.1 Å². The number of nitrogens with one attached hydrogen (secondary N) is 1. The second-order valence-corrected chi connectivity index (χ2v) is 7.67. The van der Waals surface area contributed by atoms with E-state index in [1.807, 2.05) is 0 Å². The number of halogens is 4. The fraction of sp³-hybridized carbons (Fsp3) is 0.240. The zero-order valence-corrected chi connectivity index (χ0v) is 18.3. The van der Waals surface area contributed by atoms with E-state index in [1.165, 1.54) is 31.2 Å². The normalized spacial score (nSPS) is 10.9. The Morgan fingerprint density at radius 3 is 2.42 bits per heavy atom. The van der Waals surface area contributed by atoms with E-state index >= 15 is 0 Å². The first-order valence-corrected chi connectivity index (χ1v) is 10.2. The average molecular weight is 461 g/mol. The smallest absolute Gasteiger partial charge is 0.344 e. The van der Waals surface area contributed by atoms with Crippen LogP contribution in [0.25, 0.3) is 11.1 Å². The van der Waals surface area contributed by atoms with Crippen LogP contribution in [-0.2, 0) is 16.1 Å². The first-order chi connectivity index (χ1) is 15.7. The molecule has 174 valence electrons. The van der Waals surface area contributed by atoms with Gasteiger partial charge in [-0.05, 0) is 79.4 Å². The minimum absolute atomic E-state index is 0.113. The summed E-state index contributed by atoms with van der Waals surface area (Å²) in [7, 11) is 0. The van der Waals surface area contributed by atoms with Gasteiger partial charge >= 0.3 is 5.97 Å². The van der Waals surface area contributed by atoms with Gasteiger partial charge in [0.15, 0.2) is 18.2 Å². The number of carbonyl (C=O) groups is 1. The molecule has 0 amide bonds. The fourth-order valence-corrected chi connectivity index (χ4v) is 3.18. The van der Waals surface area contributed by atoms with Crippen LogP contribution in [0.4, 0.5) is 23.2 Å². The molecule has 0 spiro atoms. The van der Waals surface area contributed by atoms with Gasteiger partial charge in [-0.1, -0.05) is 12.1 Å². The molecular formula is C25H23F4NO3. The van der Waals surface area contributed by atoms with E-state index in [0.29, 0.717) is 16.7 Å². The van der Waals surface area contributed by atoms with Crippen molar-refractivity contribution in [3.05, 3.63) is 82.9 Å². The largest absolute Gasteiger partial charge is 0.479 e. The molecule has 0 saturated heterocycles. The number of esters is 1. The highest BCUT2D eigenvalue weighted by Gasteiger charge is 2.17. The van der Waals surface area contributed by atoms with Gasteiger partial charge in [0.1, 0.15) is 23.1 Å². The van der Waals surface area contributed by atoms with Gasteiger partial charge in [0.25, 0.3) is 0 Å². The van der Waals surface area contributed by atoms with Crippen LogP contribution in [0.5, 0.6) is 5.75 Å². The van der Waals surface area contributed by atoms with E-state index in [-0.39, 0.29) is 24.0 Å². The van der Waals surface area contributed by atoms with E-state index in [1.54, 1.807) is 26.0 Å². The SMILES string of the molecule is Cc1c(F)cc(-c2cccc(F)c2)cc1CNc1c(F)ccc(OCC(=O)OC(C)C)c1F. The molecule has 0 heterocycles. The van der Waals surface area contributed by atoms with Gasteiger partial charge in [-0.3, -0.25) is 0 Å². The van der Waals surface area contributed by atoms with Crippen LogP contribution in [0.3, 0.4) is 0 Å². The van der Waals surface area contributed by atoms with Crippen molar-refractivity contribution in [1.82, 2.24) is 0 Å². The van der Waals surface area contributed by atoms with E-state index in [0.717, 1.165) is 12.1 Å². The Hall–Kier alpha value is -3.55. The highest BCUT2D eigenvalue weighted by molar-refractivity contribution is 5.71. The second kappa shape index (κ2) is 10.4. The predicted octanol–water partition coefficient (Wildman–Crippen LogP) is 6.16. The van der Waals surface area contributed by atoms with Crippen LogP contribution in [-0.4, -0.2) is 18.7 Å². The summed E-state index contributed by atoms with van der Waals surface area (Å²) in [5.74, 6) is -3.95. The fourth-order valence-electron chi connectivity index (χ4n) is 3.18. The molecule has 3 aromatic carbocycles. The predicted molar refractivity (Wildman–Crippen MR) is 117 cm³/mol. The lowest BCUT2D eigenvalue weighted by Crippen LogP contribution is -2.19. The summed E-state index contributed by atoms with van der Waals surface area (Å²) >= 11 is 0. The standard InChI is InChI=1S/C25H23F4NO3/c1-14(2)33-23(31)13-32-22-8-7-20(27)25(24(22)29)30-12-18-9-17(11-21(28)15(18)3)16-5-4-6-19(26)10-16/h4-11,14,30H,12-13H2,1-3H3. The van der Waals surface area contributed by atoms with Gasteiger partial charge in [0, 0.05) is 6.54 Å². The molecule has 0 aromatic heterocycles. The zero-order chi connectivity index (χ0) is 24.1. The minimum Gasteiger partial charge on any atom is -0.479 e. The molecule has 3 rings (SSSR count). The summed E-state index contributed by atoms with van der Waals surface area (Å²) in [6.45, 7) is 4.20. The van der Waals surface area contributed by atoms with E-state index in [4.69, 9.17) is 9.47 Å². The van der Waals surface area contributed by atoms with Crippen molar-refractivity contribution in [2.24, 2.45) is 0 Å². The number of hydrogen-bond acceptors (Lipinski definition) is 4. The molecule has 8 heteroatoms. The molecule has 0 aliphatic carbocycles. The Morgan fingerprint density at radius 1 is 0.970 bits per heavy atom. The van der Waals surface area contributed by atoms with Crippen molar-refractivity contribution in [3.63, 3.8) is 0 Å². The number of carbonyl (C=O) groups excluding carboxylic acids is 1. The lowest BCUT2D eigenvalue weighted by atomic mass is 9.99. The lowest BCUT2D eigenvalue weighted by Gasteiger charge is -2.15. The molecule has 1 N–H and O–H groups in total. The third-order valence-corrected chi connectivity index (χ3v) is 4.83. The Labute approximate surface area is 189 Å². The Kier molecular flexibility index (Phi) is 7.58. The van der Waals surface area contributed by atoms with Crippen LogP contribution in [0, 0.1) is 30.2 Å². The molecule has 0 aliphatic rings. The van der Waals surface area contributed by atoms with Gasteiger partial charge in [0.2, 0.25) is 0 Å². The van der Waals surface area contributed by atoms with E-state index < -0.39 is 41.5 Å². The van der Waals surface area contributed by atoms with Crippen LogP contribution in [0.15, 0.2) is 48.5 Å². The summed E-state index contributed by atoms with van der Waals surface area (Å²) in [5, 5.41) is 2.63. The summed E-state index contributed by atoms with van der Waals surface area (Å²) in [4.78, 5) is 11.6. The van der Waals surface area contributed by atoms with Crippen LogP contribution >= 0.6 is 0 Å². The number of hydrogen-bond donors (Lipinski definition) is 1. The van der Waals surface area contributed by atoms with Crippen LogP contribution in [0.2, 0.25) is 0 Å². The molecular weight excluding hydrogens is 438 g/mol. The molecule has 33 heavy (non-hydrogen) atoms. The molecule has 0 saturated carbocycles. The third-order valence-electron chi connectivity index (χ3n) is 4.83. The van der Waals surface area contributed by atoms with Crippen molar-refractivity contribution in [2.75, 3.05) is 11.9 Å². The molecule has 3 aromatic rings. The maximum absolute atomic E-state index is 14.8. The highest BCUT2D eigenvalue weighted by atomic mass is 19.1. The maximum atomic E-state index is 14.8. The molecule has 0 fully saturated rings. The summed E-state index contributed by atoms with van der Waals surface area (Å²) in [5.41, 5.74) is 1.13. The lowest BCUT2D eigenvalue weighted by molar-refractivity contribution is -0.149. The summed E-state index contributed by atoms with van der Waals surface area (Å²) in [6, 6.07) is 10.6.